The number of fused-ring (bicyclic) bond motifs is 3. The molecule has 17 heavy (non-hydrogen) atoms. The van der Waals surface area contributed by atoms with Crippen molar-refractivity contribution < 1.29 is 4.74 Å². The molecule has 0 fully saturated rings. The van der Waals surface area contributed by atoms with Gasteiger partial charge >= 0.3 is 0 Å². The number of anilines is 1. The second-order valence-corrected chi connectivity index (χ2v) is 3.90. The van der Waals surface area contributed by atoms with Gasteiger partial charge in [0.2, 0.25) is 5.88 Å². The molecule has 1 aromatic heterocycles. The third kappa shape index (κ3) is 1.47. The van der Waals surface area contributed by atoms with Crippen molar-refractivity contribution in [2.24, 2.45) is 0 Å². The van der Waals surface area contributed by atoms with E-state index in [0.29, 0.717) is 5.88 Å². The second kappa shape index (κ2) is 3.63. The van der Waals surface area contributed by atoms with Gasteiger partial charge in [-0.1, -0.05) is 30.8 Å². The third-order valence-electron chi connectivity index (χ3n) is 2.87. The SMILES string of the molecule is C=C1Nc2ccc(OC)nc2-c2ccccc21. The van der Waals surface area contributed by atoms with E-state index in [0.717, 1.165) is 28.2 Å². The average molecular weight is 224 g/mol. The van der Waals surface area contributed by atoms with Crippen molar-refractivity contribution in [2.75, 3.05) is 12.4 Å². The van der Waals surface area contributed by atoms with Crippen LogP contribution in [0.4, 0.5) is 5.69 Å². The van der Waals surface area contributed by atoms with Crippen molar-refractivity contribution in [1.82, 2.24) is 4.98 Å². The Morgan fingerprint density at radius 1 is 1.12 bits per heavy atom. The van der Waals surface area contributed by atoms with Gasteiger partial charge in [-0.2, -0.15) is 0 Å². The van der Waals surface area contributed by atoms with Crippen molar-refractivity contribution in [2.45, 2.75) is 0 Å². The molecule has 1 aliphatic heterocycles. The maximum atomic E-state index is 5.16. The summed E-state index contributed by atoms with van der Waals surface area (Å²) in [5, 5.41) is 3.25. The van der Waals surface area contributed by atoms with Gasteiger partial charge in [0, 0.05) is 22.9 Å². The molecular weight excluding hydrogens is 212 g/mol. The molecule has 0 saturated heterocycles. The van der Waals surface area contributed by atoms with Crippen LogP contribution in [0.2, 0.25) is 0 Å². The lowest BCUT2D eigenvalue weighted by Gasteiger charge is -2.22. The van der Waals surface area contributed by atoms with Crippen LogP contribution in [0.5, 0.6) is 5.88 Å². The van der Waals surface area contributed by atoms with E-state index < -0.39 is 0 Å². The average Bonchev–Trinajstić information content (AvgIpc) is 2.39. The van der Waals surface area contributed by atoms with Crippen LogP contribution < -0.4 is 10.1 Å². The Bertz CT molecular complexity index is 605. The van der Waals surface area contributed by atoms with Gasteiger partial charge in [-0.05, 0) is 6.07 Å². The summed E-state index contributed by atoms with van der Waals surface area (Å²) in [6.45, 7) is 4.03. The number of nitrogens with one attached hydrogen (secondary N) is 1. The lowest BCUT2D eigenvalue weighted by atomic mass is 9.97. The van der Waals surface area contributed by atoms with Crippen LogP contribution in [0, 0.1) is 0 Å². The number of ether oxygens (including phenoxy) is 1. The number of hydrogen-bond donors (Lipinski definition) is 1. The molecule has 2 aromatic rings. The highest BCUT2D eigenvalue weighted by Gasteiger charge is 2.19. The predicted octanol–water partition coefficient (Wildman–Crippen LogP) is 3.15. The fourth-order valence-corrected chi connectivity index (χ4v) is 2.04. The first-order valence-electron chi connectivity index (χ1n) is 5.40. The summed E-state index contributed by atoms with van der Waals surface area (Å²) in [5.41, 5.74) is 4.95. The Morgan fingerprint density at radius 2 is 1.88 bits per heavy atom. The molecule has 0 amide bonds. The fraction of sp³-hybridized carbons (Fsp3) is 0.0714. The van der Waals surface area contributed by atoms with E-state index in [2.05, 4.69) is 16.9 Å². The van der Waals surface area contributed by atoms with Gasteiger partial charge < -0.3 is 10.1 Å². The van der Waals surface area contributed by atoms with Crippen LogP contribution in [0.3, 0.4) is 0 Å². The van der Waals surface area contributed by atoms with Crippen molar-refractivity contribution in [3.05, 3.63) is 48.5 Å². The zero-order valence-electron chi connectivity index (χ0n) is 9.53. The van der Waals surface area contributed by atoms with Crippen molar-refractivity contribution in [3.63, 3.8) is 0 Å². The molecule has 2 heterocycles. The third-order valence-corrected chi connectivity index (χ3v) is 2.87. The van der Waals surface area contributed by atoms with Crippen LogP contribution >= 0.6 is 0 Å². The van der Waals surface area contributed by atoms with Gasteiger partial charge in [-0.15, -0.1) is 0 Å². The maximum absolute atomic E-state index is 5.16. The molecule has 0 saturated carbocycles. The van der Waals surface area contributed by atoms with E-state index in [1.807, 2.05) is 36.4 Å². The van der Waals surface area contributed by atoms with E-state index in [4.69, 9.17) is 4.74 Å². The van der Waals surface area contributed by atoms with Gasteiger partial charge in [-0.3, -0.25) is 0 Å². The minimum atomic E-state index is 0.618. The van der Waals surface area contributed by atoms with Crippen molar-refractivity contribution in [1.29, 1.82) is 0 Å². The molecule has 3 heteroatoms. The predicted molar refractivity (Wildman–Crippen MR) is 68.9 cm³/mol. The van der Waals surface area contributed by atoms with Gasteiger partial charge in [0.1, 0.15) is 0 Å². The van der Waals surface area contributed by atoms with Crippen molar-refractivity contribution in [3.8, 4) is 17.1 Å². The zero-order chi connectivity index (χ0) is 11.8. The molecule has 3 nitrogen and oxygen atoms in total. The van der Waals surface area contributed by atoms with Crippen LogP contribution in [0.25, 0.3) is 17.0 Å². The first-order valence-corrected chi connectivity index (χ1v) is 5.40. The number of nitrogens with zero attached hydrogens (tertiary/aromatic N) is 1. The quantitative estimate of drug-likeness (QED) is 0.808. The molecular formula is C14H12N2O. The van der Waals surface area contributed by atoms with Gasteiger partial charge in [0.05, 0.1) is 18.5 Å². The molecule has 84 valence electrons. The molecule has 0 spiro atoms. The molecule has 0 atom stereocenters. The number of rotatable bonds is 1. The lowest BCUT2D eigenvalue weighted by Crippen LogP contribution is -2.08. The molecule has 0 unspecified atom stereocenters. The standard InChI is InChI=1S/C14H12N2O/c1-9-10-5-3-4-6-11(10)14-12(15-9)7-8-13(16-14)17-2/h3-8,15H,1H2,2H3. The summed E-state index contributed by atoms with van der Waals surface area (Å²) < 4.78 is 5.16. The normalized spacial score (nSPS) is 12.4. The van der Waals surface area contributed by atoms with E-state index in [1.54, 1.807) is 7.11 Å². The summed E-state index contributed by atoms with van der Waals surface area (Å²) >= 11 is 0. The van der Waals surface area contributed by atoms with E-state index in [1.165, 1.54) is 0 Å². The van der Waals surface area contributed by atoms with E-state index in [9.17, 15) is 0 Å². The topological polar surface area (TPSA) is 34.1 Å². The number of pyridine rings is 1. The Balaban J connectivity index is 2.27. The number of benzene rings is 1. The summed E-state index contributed by atoms with van der Waals surface area (Å²) in [5.74, 6) is 0.618. The van der Waals surface area contributed by atoms with E-state index >= 15 is 0 Å². The molecule has 1 aromatic carbocycles. The Kier molecular flexibility index (Phi) is 2.11. The highest BCUT2D eigenvalue weighted by Crippen LogP contribution is 2.38. The molecule has 1 aliphatic rings. The van der Waals surface area contributed by atoms with Crippen LogP contribution in [0.15, 0.2) is 43.0 Å². The van der Waals surface area contributed by atoms with Crippen LogP contribution in [-0.4, -0.2) is 12.1 Å². The Hall–Kier alpha value is -2.29. The van der Waals surface area contributed by atoms with Gasteiger partial charge in [-0.25, -0.2) is 4.98 Å². The van der Waals surface area contributed by atoms with Crippen molar-refractivity contribution >= 4 is 11.4 Å². The zero-order valence-corrected chi connectivity index (χ0v) is 9.53. The Labute approximate surface area is 99.8 Å². The molecule has 0 radical (unpaired) electrons. The minimum absolute atomic E-state index is 0.618. The maximum Gasteiger partial charge on any atom is 0.213 e. The second-order valence-electron chi connectivity index (χ2n) is 3.90. The smallest absolute Gasteiger partial charge is 0.213 e. The van der Waals surface area contributed by atoms with Crippen LogP contribution in [-0.2, 0) is 0 Å². The number of hydrogen-bond acceptors (Lipinski definition) is 3. The number of aromatic nitrogens is 1. The summed E-state index contributed by atoms with van der Waals surface area (Å²) in [6.07, 6.45) is 0. The molecule has 0 bridgehead atoms. The summed E-state index contributed by atoms with van der Waals surface area (Å²) in [4.78, 5) is 4.48. The first-order chi connectivity index (χ1) is 8.29. The summed E-state index contributed by atoms with van der Waals surface area (Å²) in [7, 11) is 1.62. The Morgan fingerprint density at radius 3 is 2.65 bits per heavy atom. The summed E-state index contributed by atoms with van der Waals surface area (Å²) in [6, 6.07) is 11.9. The minimum Gasteiger partial charge on any atom is -0.481 e. The fourth-order valence-electron chi connectivity index (χ4n) is 2.04. The van der Waals surface area contributed by atoms with E-state index in [-0.39, 0.29) is 0 Å². The van der Waals surface area contributed by atoms with Gasteiger partial charge in [0.25, 0.3) is 0 Å². The highest BCUT2D eigenvalue weighted by molar-refractivity contribution is 5.95. The monoisotopic (exact) mass is 224 g/mol. The molecule has 1 N–H and O–H groups in total. The van der Waals surface area contributed by atoms with Gasteiger partial charge in [0.15, 0.2) is 0 Å². The lowest BCUT2D eigenvalue weighted by molar-refractivity contribution is 0.398. The molecule has 3 rings (SSSR count). The number of methoxy groups -OCH3 is 1. The highest BCUT2D eigenvalue weighted by atomic mass is 16.5. The van der Waals surface area contributed by atoms with Crippen LogP contribution in [0.1, 0.15) is 5.56 Å². The largest absolute Gasteiger partial charge is 0.481 e. The first kappa shape index (κ1) is 9.90. The molecule has 0 aliphatic carbocycles.